The van der Waals surface area contributed by atoms with Crippen LogP contribution in [0.25, 0.3) is 0 Å². The Hall–Kier alpha value is -4.53. The number of nitrogens with one attached hydrogen (secondary N) is 2. The SMILES string of the molecule is O=C(NCCN=Cc1ccc(O)cc1)c1cccc(C(=O)NCCN=Cc2ccc(O)cc2)n1. The zero-order chi connectivity index (χ0) is 24.2. The molecular weight excluding hydrogens is 434 g/mol. The van der Waals surface area contributed by atoms with Gasteiger partial charge in [0.15, 0.2) is 0 Å². The van der Waals surface area contributed by atoms with Crippen LogP contribution in [-0.4, -0.2) is 65.6 Å². The van der Waals surface area contributed by atoms with Gasteiger partial charge in [0.2, 0.25) is 0 Å². The van der Waals surface area contributed by atoms with E-state index in [1.165, 1.54) is 12.1 Å². The lowest BCUT2D eigenvalue weighted by atomic mass is 10.2. The Bertz CT molecular complexity index is 1070. The van der Waals surface area contributed by atoms with Crippen molar-refractivity contribution in [2.75, 3.05) is 26.2 Å². The molecule has 0 unspecified atom stereocenters. The normalized spacial score (nSPS) is 11.1. The summed E-state index contributed by atoms with van der Waals surface area (Å²) in [7, 11) is 0. The third-order valence-electron chi connectivity index (χ3n) is 4.53. The first-order valence-electron chi connectivity index (χ1n) is 10.6. The number of phenols is 2. The first-order chi connectivity index (χ1) is 16.5. The molecular formula is C25H25N5O4. The van der Waals surface area contributed by atoms with Crippen molar-refractivity contribution in [1.29, 1.82) is 0 Å². The first kappa shape index (κ1) is 24.1. The number of aromatic nitrogens is 1. The van der Waals surface area contributed by atoms with Crippen molar-refractivity contribution in [3.05, 3.63) is 89.2 Å². The van der Waals surface area contributed by atoms with Crippen LogP contribution in [0.4, 0.5) is 0 Å². The number of hydrogen-bond acceptors (Lipinski definition) is 7. The minimum Gasteiger partial charge on any atom is -0.508 e. The smallest absolute Gasteiger partial charge is 0.269 e. The maximum Gasteiger partial charge on any atom is 0.269 e. The summed E-state index contributed by atoms with van der Waals surface area (Å²) in [6.07, 6.45) is 3.31. The van der Waals surface area contributed by atoms with Gasteiger partial charge in [-0.05, 0) is 71.8 Å². The number of carbonyl (C=O) groups is 2. The van der Waals surface area contributed by atoms with E-state index < -0.39 is 11.8 Å². The van der Waals surface area contributed by atoms with Gasteiger partial charge in [-0.25, -0.2) is 4.98 Å². The molecule has 1 heterocycles. The van der Waals surface area contributed by atoms with E-state index in [1.54, 1.807) is 67.0 Å². The van der Waals surface area contributed by atoms with Crippen molar-refractivity contribution < 1.29 is 19.8 Å². The fraction of sp³-hybridized carbons (Fsp3) is 0.160. The Morgan fingerprint density at radius 1 is 0.706 bits per heavy atom. The summed E-state index contributed by atoms with van der Waals surface area (Å²) >= 11 is 0. The fourth-order valence-electron chi connectivity index (χ4n) is 2.80. The first-order valence-corrected chi connectivity index (χ1v) is 10.6. The third kappa shape index (κ3) is 7.86. The highest BCUT2D eigenvalue weighted by Crippen LogP contribution is 2.08. The van der Waals surface area contributed by atoms with E-state index in [9.17, 15) is 19.8 Å². The number of hydrogen-bond donors (Lipinski definition) is 4. The number of pyridine rings is 1. The number of aromatic hydroxyl groups is 2. The topological polar surface area (TPSA) is 136 Å². The monoisotopic (exact) mass is 459 g/mol. The van der Waals surface area contributed by atoms with E-state index in [0.29, 0.717) is 26.2 Å². The predicted molar refractivity (Wildman–Crippen MR) is 130 cm³/mol. The summed E-state index contributed by atoms with van der Waals surface area (Å²) in [5, 5.41) is 24.0. The minimum atomic E-state index is -0.395. The van der Waals surface area contributed by atoms with E-state index in [0.717, 1.165) is 11.1 Å². The second-order valence-electron chi connectivity index (χ2n) is 7.17. The Morgan fingerprint density at radius 3 is 1.53 bits per heavy atom. The Balaban J connectivity index is 1.40. The quantitative estimate of drug-likeness (QED) is 0.272. The maximum atomic E-state index is 12.3. The van der Waals surface area contributed by atoms with Crippen LogP contribution in [0, 0.1) is 0 Å². The number of benzene rings is 2. The van der Waals surface area contributed by atoms with Crippen LogP contribution >= 0.6 is 0 Å². The van der Waals surface area contributed by atoms with Crippen molar-refractivity contribution in [2.24, 2.45) is 9.98 Å². The van der Waals surface area contributed by atoms with E-state index in [4.69, 9.17) is 0 Å². The average Bonchev–Trinajstić information content (AvgIpc) is 2.85. The Kier molecular flexibility index (Phi) is 8.86. The number of rotatable bonds is 10. The number of phenolic OH excluding ortho intramolecular Hbond substituents is 2. The van der Waals surface area contributed by atoms with Crippen molar-refractivity contribution in [1.82, 2.24) is 15.6 Å². The zero-order valence-electron chi connectivity index (χ0n) is 18.4. The van der Waals surface area contributed by atoms with Crippen molar-refractivity contribution in [2.45, 2.75) is 0 Å². The third-order valence-corrected chi connectivity index (χ3v) is 4.53. The van der Waals surface area contributed by atoms with Gasteiger partial charge in [0.1, 0.15) is 22.9 Å². The summed E-state index contributed by atoms with van der Waals surface area (Å²) in [6.45, 7) is 1.37. The van der Waals surface area contributed by atoms with Crippen LogP contribution in [0.1, 0.15) is 32.1 Å². The summed E-state index contributed by atoms with van der Waals surface area (Å²) in [5.74, 6) is -0.417. The van der Waals surface area contributed by atoms with Crippen LogP contribution in [0.3, 0.4) is 0 Å². The molecule has 1 aromatic heterocycles. The highest BCUT2D eigenvalue weighted by molar-refractivity contribution is 5.96. The highest BCUT2D eigenvalue weighted by atomic mass is 16.3. The molecule has 3 rings (SSSR count). The van der Waals surface area contributed by atoms with Crippen LogP contribution in [0.5, 0.6) is 11.5 Å². The lowest BCUT2D eigenvalue weighted by molar-refractivity contribution is 0.0945. The molecule has 0 atom stereocenters. The van der Waals surface area contributed by atoms with Gasteiger partial charge >= 0.3 is 0 Å². The lowest BCUT2D eigenvalue weighted by Gasteiger charge is -2.06. The number of nitrogens with zero attached hydrogens (tertiary/aromatic N) is 3. The second kappa shape index (κ2) is 12.5. The molecule has 0 aliphatic heterocycles. The zero-order valence-corrected chi connectivity index (χ0v) is 18.4. The largest absolute Gasteiger partial charge is 0.508 e. The number of amides is 2. The molecule has 9 nitrogen and oxygen atoms in total. The van der Waals surface area contributed by atoms with E-state index in [2.05, 4.69) is 25.6 Å². The van der Waals surface area contributed by atoms with Gasteiger partial charge in [0.05, 0.1) is 13.1 Å². The van der Waals surface area contributed by atoms with Gasteiger partial charge in [0.25, 0.3) is 11.8 Å². The lowest BCUT2D eigenvalue weighted by Crippen LogP contribution is -2.29. The van der Waals surface area contributed by atoms with Gasteiger partial charge < -0.3 is 20.8 Å². The van der Waals surface area contributed by atoms with E-state index in [1.807, 2.05) is 0 Å². The summed E-state index contributed by atoms with van der Waals surface area (Å²) in [6, 6.07) is 17.9. The molecule has 174 valence electrons. The van der Waals surface area contributed by atoms with Gasteiger partial charge in [-0.15, -0.1) is 0 Å². The van der Waals surface area contributed by atoms with Crippen molar-refractivity contribution >= 4 is 24.2 Å². The summed E-state index contributed by atoms with van der Waals surface area (Å²) in [5.41, 5.74) is 1.96. The van der Waals surface area contributed by atoms with Gasteiger partial charge in [0, 0.05) is 25.5 Å². The molecule has 0 fully saturated rings. The number of aliphatic imine (C=N–C) groups is 2. The average molecular weight is 460 g/mol. The molecule has 0 aliphatic carbocycles. The second-order valence-corrected chi connectivity index (χ2v) is 7.17. The van der Waals surface area contributed by atoms with Crippen LogP contribution in [0.15, 0.2) is 76.7 Å². The summed E-state index contributed by atoms with van der Waals surface area (Å²) < 4.78 is 0. The fourth-order valence-corrected chi connectivity index (χ4v) is 2.80. The predicted octanol–water partition coefficient (Wildman–Crippen LogP) is 2.19. The molecule has 3 aromatic rings. The highest BCUT2D eigenvalue weighted by Gasteiger charge is 2.11. The minimum absolute atomic E-state index is 0.139. The molecule has 0 saturated carbocycles. The van der Waals surface area contributed by atoms with Gasteiger partial charge in [-0.2, -0.15) is 0 Å². The molecule has 4 N–H and O–H groups in total. The van der Waals surface area contributed by atoms with E-state index in [-0.39, 0.29) is 22.9 Å². The molecule has 0 aliphatic rings. The Morgan fingerprint density at radius 2 is 1.12 bits per heavy atom. The Labute approximate surface area is 196 Å². The number of carbonyl (C=O) groups excluding carboxylic acids is 2. The van der Waals surface area contributed by atoms with Crippen LogP contribution < -0.4 is 10.6 Å². The van der Waals surface area contributed by atoms with E-state index >= 15 is 0 Å². The van der Waals surface area contributed by atoms with Crippen LogP contribution in [0.2, 0.25) is 0 Å². The van der Waals surface area contributed by atoms with Crippen molar-refractivity contribution in [3.63, 3.8) is 0 Å². The molecule has 0 spiro atoms. The van der Waals surface area contributed by atoms with Crippen LogP contribution in [-0.2, 0) is 0 Å². The molecule has 34 heavy (non-hydrogen) atoms. The molecule has 0 saturated heterocycles. The maximum absolute atomic E-state index is 12.3. The molecule has 9 heteroatoms. The van der Waals surface area contributed by atoms with Crippen molar-refractivity contribution in [3.8, 4) is 11.5 Å². The molecule has 2 aromatic carbocycles. The van der Waals surface area contributed by atoms with Gasteiger partial charge in [-0.1, -0.05) is 6.07 Å². The van der Waals surface area contributed by atoms with Gasteiger partial charge in [-0.3, -0.25) is 19.6 Å². The molecule has 2 amide bonds. The standard InChI is InChI=1S/C25H25N5O4/c31-20-8-4-18(5-9-20)16-26-12-14-28-24(33)22-2-1-3-23(30-22)25(34)29-15-13-27-17-19-6-10-21(32)11-7-19/h1-11,16-17,31-32H,12-15H2,(H,28,33)(H,29,34). The molecule has 0 bridgehead atoms. The molecule has 0 radical (unpaired) electrons. The summed E-state index contributed by atoms with van der Waals surface area (Å²) in [4.78, 5) is 37.2.